The van der Waals surface area contributed by atoms with Gasteiger partial charge in [-0.15, -0.1) is 0 Å². The van der Waals surface area contributed by atoms with Crippen molar-refractivity contribution >= 4 is 18.0 Å². The third-order valence-electron chi connectivity index (χ3n) is 5.49. The SMILES string of the molecule is O=C(NCc1ncc(C(=O)NCC(F)(F)C(=O)O)cn1)OCC1c2ccccc2-c2ccccc21. The predicted molar refractivity (Wildman–Crippen MR) is 119 cm³/mol. The van der Waals surface area contributed by atoms with Crippen LogP contribution in [0.2, 0.25) is 0 Å². The molecule has 35 heavy (non-hydrogen) atoms. The minimum Gasteiger partial charge on any atom is -0.477 e. The molecule has 9 nitrogen and oxygen atoms in total. The summed E-state index contributed by atoms with van der Waals surface area (Å²) in [5.41, 5.74) is 4.25. The third-order valence-corrected chi connectivity index (χ3v) is 5.49. The van der Waals surface area contributed by atoms with E-state index in [0.717, 1.165) is 34.6 Å². The normalized spacial score (nSPS) is 12.4. The number of nitrogens with one attached hydrogen (secondary N) is 2. The van der Waals surface area contributed by atoms with Crippen molar-refractivity contribution in [3.8, 4) is 11.1 Å². The molecule has 4 rings (SSSR count). The second kappa shape index (κ2) is 9.84. The summed E-state index contributed by atoms with van der Waals surface area (Å²) in [4.78, 5) is 42.3. The van der Waals surface area contributed by atoms with Crippen molar-refractivity contribution in [2.24, 2.45) is 0 Å². The molecule has 1 aromatic heterocycles. The number of benzene rings is 2. The van der Waals surface area contributed by atoms with Gasteiger partial charge in [0.15, 0.2) is 0 Å². The zero-order valence-corrected chi connectivity index (χ0v) is 18.2. The van der Waals surface area contributed by atoms with Crippen LogP contribution in [0.25, 0.3) is 11.1 Å². The first-order chi connectivity index (χ1) is 16.8. The van der Waals surface area contributed by atoms with Crippen LogP contribution in [0.4, 0.5) is 13.6 Å². The highest BCUT2D eigenvalue weighted by molar-refractivity contribution is 5.94. The lowest BCUT2D eigenvalue weighted by Gasteiger charge is -2.14. The molecule has 0 unspecified atom stereocenters. The van der Waals surface area contributed by atoms with Crippen LogP contribution in [-0.4, -0.2) is 52.1 Å². The zero-order valence-electron chi connectivity index (χ0n) is 18.2. The van der Waals surface area contributed by atoms with Crippen molar-refractivity contribution < 1.29 is 33.0 Å². The molecule has 2 aromatic carbocycles. The van der Waals surface area contributed by atoms with Gasteiger partial charge >= 0.3 is 18.0 Å². The van der Waals surface area contributed by atoms with Gasteiger partial charge in [0, 0.05) is 18.3 Å². The van der Waals surface area contributed by atoms with E-state index in [9.17, 15) is 23.2 Å². The van der Waals surface area contributed by atoms with Crippen molar-refractivity contribution in [2.45, 2.75) is 18.4 Å². The van der Waals surface area contributed by atoms with E-state index in [4.69, 9.17) is 9.84 Å². The standard InChI is InChI=1S/C24H20F2N4O5/c25-24(26,22(32)33)13-30-21(31)14-9-27-20(28-10-14)11-29-23(34)35-12-19-17-7-3-1-5-15(17)16-6-2-4-8-18(16)19/h1-10,19H,11-13H2,(H,29,34)(H,30,31)(H,32,33). The number of rotatable bonds is 8. The number of nitrogens with zero attached hydrogens (tertiary/aromatic N) is 2. The van der Waals surface area contributed by atoms with Gasteiger partial charge in [0.25, 0.3) is 5.91 Å². The lowest BCUT2D eigenvalue weighted by Crippen LogP contribution is -2.42. The van der Waals surface area contributed by atoms with Gasteiger partial charge in [-0.2, -0.15) is 8.78 Å². The average molecular weight is 482 g/mol. The van der Waals surface area contributed by atoms with Crippen LogP contribution in [0.3, 0.4) is 0 Å². The number of carbonyl (C=O) groups excluding carboxylic acids is 2. The van der Waals surface area contributed by atoms with E-state index in [1.807, 2.05) is 53.8 Å². The second-order valence-corrected chi connectivity index (χ2v) is 7.76. The van der Waals surface area contributed by atoms with Crippen molar-refractivity contribution in [3.05, 3.63) is 83.4 Å². The molecular weight excluding hydrogens is 462 g/mol. The largest absolute Gasteiger partial charge is 0.477 e. The van der Waals surface area contributed by atoms with Crippen LogP contribution in [0, 0.1) is 0 Å². The van der Waals surface area contributed by atoms with Crippen LogP contribution >= 0.6 is 0 Å². The van der Waals surface area contributed by atoms with Gasteiger partial charge in [-0.05, 0) is 22.3 Å². The van der Waals surface area contributed by atoms with Gasteiger partial charge in [-0.1, -0.05) is 48.5 Å². The molecule has 3 N–H and O–H groups in total. The number of halogens is 2. The summed E-state index contributed by atoms with van der Waals surface area (Å²) < 4.78 is 31.6. The summed E-state index contributed by atoms with van der Waals surface area (Å²) in [5.74, 6) is -7.32. The highest BCUT2D eigenvalue weighted by Gasteiger charge is 2.39. The first-order valence-corrected chi connectivity index (χ1v) is 10.6. The van der Waals surface area contributed by atoms with E-state index >= 15 is 0 Å². The molecular formula is C24H20F2N4O5. The van der Waals surface area contributed by atoms with Gasteiger partial charge in [0.1, 0.15) is 12.4 Å². The Bertz CT molecular complexity index is 1220. The van der Waals surface area contributed by atoms with Gasteiger partial charge in [0.2, 0.25) is 0 Å². The molecule has 1 aliphatic rings. The number of carboxylic acid groups (broad SMARTS) is 1. The van der Waals surface area contributed by atoms with Crippen molar-refractivity contribution in [2.75, 3.05) is 13.2 Å². The monoisotopic (exact) mass is 482 g/mol. The highest BCUT2D eigenvalue weighted by atomic mass is 19.3. The molecule has 2 amide bonds. The van der Waals surface area contributed by atoms with Gasteiger partial charge in [-0.25, -0.2) is 19.6 Å². The van der Waals surface area contributed by atoms with Crippen LogP contribution in [0.1, 0.15) is 33.2 Å². The van der Waals surface area contributed by atoms with Gasteiger partial charge in [-0.3, -0.25) is 4.79 Å². The van der Waals surface area contributed by atoms with Crippen LogP contribution in [0.15, 0.2) is 60.9 Å². The number of aliphatic carboxylic acids is 1. The van der Waals surface area contributed by atoms with E-state index in [1.165, 1.54) is 0 Å². The summed E-state index contributed by atoms with van der Waals surface area (Å²) in [6, 6.07) is 15.9. The van der Waals surface area contributed by atoms with E-state index < -0.39 is 30.4 Å². The van der Waals surface area contributed by atoms with E-state index in [0.29, 0.717) is 0 Å². The number of ether oxygens (including phenoxy) is 1. The molecule has 0 saturated heterocycles. The minimum atomic E-state index is -4.09. The maximum absolute atomic E-state index is 13.1. The Morgan fingerprint density at radius 2 is 1.51 bits per heavy atom. The molecule has 0 atom stereocenters. The molecule has 0 aliphatic heterocycles. The number of hydrogen-bond acceptors (Lipinski definition) is 6. The first kappa shape index (κ1) is 23.7. The Balaban J connectivity index is 1.28. The quantitative estimate of drug-likeness (QED) is 0.450. The summed E-state index contributed by atoms with van der Waals surface area (Å²) in [7, 11) is 0. The highest BCUT2D eigenvalue weighted by Crippen LogP contribution is 2.44. The molecule has 3 aromatic rings. The average Bonchev–Trinajstić information content (AvgIpc) is 3.18. The Hall–Kier alpha value is -4.41. The van der Waals surface area contributed by atoms with Gasteiger partial charge < -0.3 is 20.5 Å². The summed E-state index contributed by atoms with van der Waals surface area (Å²) in [5, 5.41) is 12.7. The maximum Gasteiger partial charge on any atom is 0.407 e. The Kier molecular flexibility index (Phi) is 6.67. The van der Waals surface area contributed by atoms with Crippen LogP contribution < -0.4 is 10.6 Å². The fraction of sp³-hybridized carbons (Fsp3) is 0.208. The Labute approximate surface area is 198 Å². The summed E-state index contributed by atoms with van der Waals surface area (Å²) >= 11 is 0. The first-order valence-electron chi connectivity index (χ1n) is 10.6. The van der Waals surface area contributed by atoms with E-state index in [-0.39, 0.29) is 30.5 Å². The molecule has 0 fully saturated rings. The molecule has 0 spiro atoms. The summed E-state index contributed by atoms with van der Waals surface area (Å²) in [6.07, 6.45) is 1.49. The minimum absolute atomic E-state index is 0.0873. The predicted octanol–water partition coefficient (Wildman–Crippen LogP) is 2.97. The molecule has 1 heterocycles. The van der Waals surface area contributed by atoms with Crippen LogP contribution in [-0.2, 0) is 16.1 Å². The molecule has 11 heteroatoms. The number of alkyl halides is 2. The summed E-state index contributed by atoms with van der Waals surface area (Å²) in [6.45, 7) is -1.32. The fourth-order valence-corrected chi connectivity index (χ4v) is 3.73. The third kappa shape index (κ3) is 5.24. The van der Waals surface area contributed by atoms with Crippen molar-refractivity contribution in [3.63, 3.8) is 0 Å². The molecule has 1 aliphatic carbocycles. The fourth-order valence-electron chi connectivity index (χ4n) is 3.73. The van der Waals surface area contributed by atoms with E-state index in [2.05, 4.69) is 15.3 Å². The topological polar surface area (TPSA) is 131 Å². The van der Waals surface area contributed by atoms with Crippen LogP contribution in [0.5, 0.6) is 0 Å². The van der Waals surface area contributed by atoms with Gasteiger partial charge in [0.05, 0.1) is 18.7 Å². The maximum atomic E-state index is 13.1. The van der Waals surface area contributed by atoms with Crippen molar-refractivity contribution in [1.82, 2.24) is 20.6 Å². The number of carbonyl (C=O) groups is 3. The van der Waals surface area contributed by atoms with E-state index in [1.54, 1.807) is 0 Å². The molecule has 180 valence electrons. The zero-order chi connectivity index (χ0) is 25.0. The molecule has 0 saturated carbocycles. The molecule has 0 bridgehead atoms. The number of alkyl carbamates (subject to hydrolysis) is 1. The lowest BCUT2D eigenvalue weighted by molar-refractivity contribution is -0.163. The smallest absolute Gasteiger partial charge is 0.407 e. The Morgan fingerprint density at radius 3 is 2.09 bits per heavy atom. The Morgan fingerprint density at radius 1 is 0.943 bits per heavy atom. The number of fused-ring (bicyclic) bond motifs is 3. The van der Waals surface area contributed by atoms with Crippen molar-refractivity contribution in [1.29, 1.82) is 0 Å². The molecule has 0 radical (unpaired) electrons. The second-order valence-electron chi connectivity index (χ2n) is 7.76. The number of hydrogen-bond donors (Lipinski definition) is 3. The number of aromatic nitrogens is 2. The number of amides is 2. The lowest BCUT2D eigenvalue weighted by atomic mass is 9.98. The number of carboxylic acids is 1.